The highest BCUT2D eigenvalue weighted by atomic mass is 35.5. The molecular formula is C17H25ClN4O4. The van der Waals surface area contributed by atoms with Crippen molar-refractivity contribution < 1.29 is 19.1 Å². The van der Waals surface area contributed by atoms with E-state index in [1.54, 1.807) is 24.3 Å². The predicted octanol–water partition coefficient (Wildman–Crippen LogP) is 1.49. The van der Waals surface area contributed by atoms with E-state index in [-0.39, 0.29) is 24.9 Å². The number of nitrogens with two attached hydrogens (primary N) is 1. The van der Waals surface area contributed by atoms with Gasteiger partial charge in [0, 0.05) is 12.2 Å². The lowest BCUT2D eigenvalue weighted by Gasteiger charge is -2.23. The van der Waals surface area contributed by atoms with Crippen molar-refractivity contribution in [3.8, 4) is 5.75 Å². The Bertz CT molecular complexity index is 647. The number of carbonyl (C=O) groups is 3. The van der Waals surface area contributed by atoms with E-state index in [9.17, 15) is 14.4 Å². The van der Waals surface area contributed by atoms with Crippen LogP contribution in [0.5, 0.6) is 5.75 Å². The minimum Gasteiger partial charge on any atom is -0.492 e. The van der Waals surface area contributed by atoms with E-state index >= 15 is 0 Å². The first-order valence-corrected chi connectivity index (χ1v) is 8.32. The summed E-state index contributed by atoms with van der Waals surface area (Å²) in [5, 5.41) is 5.36. The van der Waals surface area contributed by atoms with Gasteiger partial charge in [0.25, 0.3) is 5.91 Å². The first-order valence-electron chi connectivity index (χ1n) is 8.32. The maximum Gasteiger partial charge on any atom is 0.325 e. The molecule has 1 aromatic rings. The van der Waals surface area contributed by atoms with Crippen molar-refractivity contribution in [1.82, 2.24) is 10.2 Å². The SMILES string of the molecule is CCC1(CC)NC(=O)N(CC(=O)Nc2ccc(OCCN)cc2)C1=O.Cl. The van der Waals surface area contributed by atoms with Gasteiger partial charge in [-0.1, -0.05) is 13.8 Å². The molecule has 1 saturated heterocycles. The summed E-state index contributed by atoms with van der Waals surface area (Å²) in [7, 11) is 0. The van der Waals surface area contributed by atoms with E-state index < -0.39 is 17.5 Å². The van der Waals surface area contributed by atoms with Gasteiger partial charge in [0.05, 0.1) is 0 Å². The van der Waals surface area contributed by atoms with E-state index in [4.69, 9.17) is 10.5 Å². The molecule has 4 amide bonds. The number of hydrogen-bond donors (Lipinski definition) is 3. The van der Waals surface area contributed by atoms with Crippen molar-refractivity contribution >= 4 is 35.9 Å². The van der Waals surface area contributed by atoms with Crippen molar-refractivity contribution in [3.05, 3.63) is 24.3 Å². The zero-order valence-electron chi connectivity index (χ0n) is 14.9. The molecule has 2 rings (SSSR count). The monoisotopic (exact) mass is 384 g/mol. The normalized spacial score (nSPS) is 15.3. The van der Waals surface area contributed by atoms with Gasteiger partial charge in [-0.15, -0.1) is 12.4 Å². The summed E-state index contributed by atoms with van der Waals surface area (Å²) in [6.45, 7) is 4.17. The predicted molar refractivity (Wildman–Crippen MR) is 100 cm³/mol. The highest BCUT2D eigenvalue weighted by Gasteiger charge is 2.49. The number of nitrogens with one attached hydrogen (secondary N) is 2. The van der Waals surface area contributed by atoms with Crippen LogP contribution in [0.4, 0.5) is 10.5 Å². The number of rotatable bonds is 8. The summed E-state index contributed by atoms with van der Waals surface area (Å²) in [5.41, 5.74) is 5.01. The molecule has 1 heterocycles. The molecule has 26 heavy (non-hydrogen) atoms. The van der Waals surface area contributed by atoms with Crippen LogP contribution >= 0.6 is 12.4 Å². The lowest BCUT2D eigenvalue weighted by Crippen LogP contribution is -2.46. The Morgan fingerprint density at radius 1 is 1.23 bits per heavy atom. The summed E-state index contributed by atoms with van der Waals surface area (Å²) in [6.07, 6.45) is 0.965. The molecule has 0 unspecified atom stereocenters. The van der Waals surface area contributed by atoms with Gasteiger partial charge in [-0.3, -0.25) is 14.5 Å². The molecule has 1 aliphatic rings. The molecule has 0 atom stereocenters. The number of imide groups is 1. The molecule has 1 fully saturated rings. The van der Waals surface area contributed by atoms with Gasteiger partial charge in [0.1, 0.15) is 24.4 Å². The topological polar surface area (TPSA) is 114 Å². The summed E-state index contributed by atoms with van der Waals surface area (Å²) in [5.74, 6) is -0.154. The van der Waals surface area contributed by atoms with Crippen LogP contribution in [0.2, 0.25) is 0 Å². The third-order valence-corrected chi connectivity index (χ3v) is 4.28. The molecule has 0 bridgehead atoms. The molecule has 144 valence electrons. The van der Waals surface area contributed by atoms with E-state index in [2.05, 4.69) is 10.6 Å². The van der Waals surface area contributed by atoms with Crippen LogP contribution in [0, 0.1) is 0 Å². The van der Waals surface area contributed by atoms with Crippen LogP contribution in [0.1, 0.15) is 26.7 Å². The molecule has 9 heteroatoms. The number of urea groups is 1. The molecular weight excluding hydrogens is 360 g/mol. The maximum absolute atomic E-state index is 12.5. The van der Waals surface area contributed by atoms with Crippen molar-refractivity contribution in [3.63, 3.8) is 0 Å². The van der Waals surface area contributed by atoms with E-state index in [0.717, 1.165) is 4.90 Å². The van der Waals surface area contributed by atoms with E-state index in [1.165, 1.54) is 0 Å². The fraction of sp³-hybridized carbons (Fsp3) is 0.471. The van der Waals surface area contributed by atoms with Crippen molar-refractivity contribution in [2.45, 2.75) is 32.2 Å². The number of ether oxygens (including phenoxy) is 1. The Labute approximate surface area is 158 Å². The molecule has 0 aromatic heterocycles. The van der Waals surface area contributed by atoms with Crippen LogP contribution in [-0.2, 0) is 9.59 Å². The Morgan fingerprint density at radius 3 is 2.35 bits per heavy atom. The number of anilines is 1. The molecule has 0 radical (unpaired) electrons. The number of halogens is 1. The van der Waals surface area contributed by atoms with Gasteiger partial charge in [-0.2, -0.15) is 0 Å². The number of benzene rings is 1. The summed E-state index contributed by atoms with van der Waals surface area (Å²) in [4.78, 5) is 37.6. The smallest absolute Gasteiger partial charge is 0.325 e. The quantitative estimate of drug-likeness (QED) is 0.587. The number of hydrogen-bond acceptors (Lipinski definition) is 5. The summed E-state index contributed by atoms with van der Waals surface area (Å²) >= 11 is 0. The first kappa shape index (κ1) is 21.7. The largest absolute Gasteiger partial charge is 0.492 e. The van der Waals surface area contributed by atoms with Crippen LogP contribution in [0.15, 0.2) is 24.3 Å². The first-order chi connectivity index (χ1) is 12.0. The molecule has 0 saturated carbocycles. The molecule has 0 spiro atoms. The number of nitrogens with zero attached hydrogens (tertiary/aromatic N) is 1. The van der Waals surface area contributed by atoms with Crippen molar-refractivity contribution in [1.29, 1.82) is 0 Å². The average molecular weight is 385 g/mol. The van der Waals surface area contributed by atoms with Crippen LogP contribution in [0.3, 0.4) is 0 Å². The highest BCUT2D eigenvalue weighted by molar-refractivity contribution is 6.10. The second-order valence-corrected chi connectivity index (χ2v) is 5.82. The van der Waals surface area contributed by atoms with Gasteiger partial charge < -0.3 is 21.1 Å². The fourth-order valence-corrected chi connectivity index (χ4v) is 2.70. The standard InChI is InChI=1S/C17H24N4O4.ClH/c1-3-17(4-2)15(23)21(16(24)20-17)11-14(22)19-12-5-7-13(8-6-12)25-10-9-18;/h5-8H,3-4,9-11,18H2,1-2H3,(H,19,22)(H,20,24);1H. The average Bonchev–Trinajstić information content (AvgIpc) is 2.85. The molecule has 1 aromatic carbocycles. The highest BCUT2D eigenvalue weighted by Crippen LogP contribution is 2.24. The minimum atomic E-state index is -0.903. The third kappa shape index (κ3) is 4.64. The van der Waals surface area contributed by atoms with E-state index in [0.29, 0.717) is 37.4 Å². The lowest BCUT2D eigenvalue weighted by molar-refractivity contribution is -0.134. The third-order valence-electron chi connectivity index (χ3n) is 4.28. The van der Waals surface area contributed by atoms with Crippen LogP contribution < -0.4 is 21.1 Å². The summed E-state index contributed by atoms with van der Waals surface area (Å²) in [6, 6.07) is 6.24. The van der Waals surface area contributed by atoms with Gasteiger partial charge in [-0.05, 0) is 37.1 Å². The van der Waals surface area contributed by atoms with Gasteiger partial charge in [0.15, 0.2) is 0 Å². The van der Waals surface area contributed by atoms with Crippen molar-refractivity contribution in [2.24, 2.45) is 5.73 Å². The number of carbonyl (C=O) groups excluding carboxylic acids is 3. The van der Waals surface area contributed by atoms with Crippen LogP contribution in [-0.4, -0.2) is 48.0 Å². The fourth-order valence-electron chi connectivity index (χ4n) is 2.70. The zero-order valence-corrected chi connectivity index (χ0v) is 15.7. The molecule has 1 aliphatic heterocycles. The molecule has 4 N–H and O–H groups in total. The lowest BCUT2D eigenvalue weighted by atomic mass is 9.93. The second-order valence-electron chi connectivity index (χ2n) is 5.82. The Balaban J connectivity index is 0.00000338. The van der Waals surface area contributed by atoms with Gasteiger partial charge in [-0.25, -0.2) is 4.79 Å². The number of amides is 4. The second kappa shape index (κ2) is 9.40. The zero-order chi connectivity index (χ0) is 18.4. The molecule has 0 aliphatic carbocycles. The summed E-state index contributed by atoms with van der Waals surface area (Å²) < 4.78 is 5.35. The Hall–Kier alpha value is -2.32. The van der Waals surface area contributed by atoms with Gasteiger partial charge >= 0.3 is 6.03 Å². The Kier molecular flexibility index (Phi) is 7.85. The van der Waals surface area contributed by atoms with Crippen molar-refractivity contribution in [2.75, 3.05) is 25.0 Å². The molecule has 8 nitrogen and oxygen atoms in total. The van der Waals surface area contributed by atoms with Gasteiger partial charge in [0.2, 0.25) is 5.91 Å². The Morgan fingerprint density at radius 2 is 1.85 bits per heavy atom. The van der Waals surface area contributed by atoms with E-state index in [1.807, 2.05) is 13.8 Å². The minimum absolute atomic E-state index is 0. The van der Waals surface area contributed by atoms with Crippen LogP contribution in [0.25, 0.3) is 0 Å². The maximum atomic E-state index is 12.5.